The Balaban J connectivity index is 1.81. The van der Waals surface area contributed by atoms with E-state index in [0.717, 1.165) is 18.3 Å². The summed E-state index contributed by atoms with van der Waals surface area (Å²) in [5.41, 5.74) is 0.822. The molecule has 0 unspecified atom stereocenters. The molecule has 3 rings (SSSR count). The largest absolute Gasteiger partial charge is 0.350 e. The molecule has 5 atom stereocenters. The van der Waals surface area contributed by atoms with Gasteiger partial charge in [0.05, 0.1) is 12.2 Å². The second-order valence-corrected chi connectivity index (χ2v) is 7.35. The lowest BCUT2D eigenvalue weighted by Crippen LogP contribution is -2.38. The van der Waals surface area contributed by atoms with Crippen molar-refractivity contribution in [2.45, 2.75) is 72.4 Å². The van der Waals surface area contributed by atoms with E-state index in [4.69, 9.17) is 9.47 Å². The SMILES string of the molecule is CC(C)O[C@@H]1C[C@H]2[C@H]3CC[C@@](C)([C@H]2O1)C3(C)C. The van der Waals surface area contributed by atoms with E-state index in [1.165, 1.54) is 12.8 Å². The van der Waals surface area contributed by atoms with E-state index in [2.05, 4.69) is 34.6 Å². The molecule has 3 aliphatic rings. The zero-order valence-corrected chi connectivity index (χ0v) is 11.8. The van der Waals surface area contributed by atoms with Crippen molar-refractivity contribution < 1.29 is 9.47 Å². The van der Waals surface area contributed by atoms with Gasteiger partial charge in [-0.2, -0.15) is 0 Å². The topological polar surface area (TPSA) is 18.5 Å². The molecule has 3 fully saturated rings. The molecule has 1 aliphatic heterocycles. The Morgan fingerprint density at radius 2 is 1.94 bits per heavy atom. The Morgan fingerprint density at radius 1 is 1.24 bits per heavy atom. The average molecular weight is 238 g/mol. The summed E-state index contributed by atoms with van der Waals surface area (Å²) in [6, 6.07) is 0. The highest BCUT2D eigenvalue weighted by atomic mass is 16.7. The van der Waals surface area contributed by atoms with Crippen LogP contribution >= 0.6 is 0 Å². The van der Waals surface area contributed by atoms with Gasteiger partial charge in [-0.1, -0.05) is 20.8 Å². The molecule has 0 radical (unpaired) electrons. The molecule has 0 aromatic rings. The van der Waals surface area contributed by atoms with Crippen molar-refractivity contribution in [3.63, 3.8) is 0 Å². The van der Waals surface area contributed by atoms with Crippen LogP contribution in [0.15, 0.2) is 0 Å². The number of fused-ring (bicyclic) bond motifs is 5. The fraction of sp³-hybridized carbons (Fsp3) is 1.00. The first-order valence-electron chi connectivity index (χ1n) is 7.17. The van der Waals surface area contributed by atoms with Crippen molar-refractivity contribution in [3.8, 4) is 0 Å². The summed E-state index contributed by atoms with van der Waals surface area (Å²) < 4.78 is 12.1. The van der Waals surface area contributed by atoms with Gasteiger partial charge in [-0.3, -0.25) is 0 Å². The maximum atomic E-state index is 6.25. The fourth-order valence-corrected chi connectivity index (χ4v) is 4.87. The van der Waals surface area contributed by atoms with Gasteiger partial charge in [0, 0.05) is 6.42 Å². The van der Waals surface area contributed by atoms with Crippen LogP contribution in [0.5, 0.6) is 0 Å². The van der Waals surface area contributed by atoms with Crippen LogP contribution in [0.2, 0.25) is 0 Å². The molecule has 17 heavy (non-hydrogen) atoms. The minimum absolute atomic E-state index is 0.0565. The molecule has 0 amide bonds. The maximum Gasteiger partial charge on any atom is 0.158 e. The Kier molecular flexibility index (Phi) is 2.45. The summed E-state index contributed by atoms with van der Waals surface area (Å²) in [6.45, 7) is 11.5. The Bertz CT molecular complexity index is 323. The smallest absolute Gasteiger partial charge is 0.158 e. The van der Waals surface area contributed by atoms with Gasteiger partial charge in [0.1, 0.15) is 0 Å². The van der Waals surface area contributed by atoms with Crippen molar-refractivity contribution >= 4 is 0 Å². The maximum absolute atomic E-state index is 6.25. The molecular weight excluding hydrogens is 212 g/mol. The molecule has 2 saturated carbocycles. The van der Waals surface area contributed by atoms with Crippen LogP contribution < -0.4 is 0 Å². The van der Waals surface area contributed by atoms with Gasteiger partial charge >= 0.3 is 0 Å². The predicted molar refractivity (Wildman–Crippen MR) is 67.6 cm³/mol. The molecule has 98 valence electrons. The molecule has 2 aliphatic carbocycles. The van der Waals surface area contributed by atoms with Crippen molar-refractivity contribution in [1.82, 2.24) is 0 Å². The van der Waals surface area contributed by atoms with Gasteiger partial charge in [0.2, 0.25) is 0 Å². The molecule has 2 heteroatoms. The van der Waals surface area contributed by atoms with E-state index in [0.29, 0.717) is 16.9 Å². The highest BCUT2D eigenvalue weighted by Crippen LogP contribution is 2.71. The lowest BCUT2D eigenvalue weighted by molar-refractivity contribution is -0.179. The first-order chi connectivity index (χ1) is 7.86. The minimum Gasteiger partial charge on any atom is -0.350 e. The van der Waals surface area contributed by atoms with E-state index >= 15 is 0 Å². The van der Waals surface area contributed by atoms with E-state index in [1.807, 2.05) is 0 Å². The summed E-state index contributed by atoms with van der Waals surface area (Å²) >= 11 is 0. The zero-order valence-electron chi connectivity index (χ0n) is 11.8. The Labute approximate surface area is 105 Å². The van der Waals surface area contributed by atoms with E-state index < -0.39 is 0 Å². The van der Waals surface area contributed by atoms with Crippen LogP contribution in [0.3, 0.4) is 0 Å². The van der Waals surface area contributed by atoms with Gasteiger partial charge in [0.25, 0.3) is 0 Å². The number of rotatable bonds is 2. The van der Waals surface area contributed by atoms with Gasteiger partial charge in [0.15, 0.2) is 6.29 Å². The van der Waals surface area contributed by atoms with E-state index in [9.17, 15) is 0 Å². The lowest BCUT2D eigenvalue weighted by atomic mass is 9.70. The first-order valence-corrected chi connectivity index (χ1v) is 7.17. The summed E-state index contributed by atoms with van der Waals surface area (Å²) in [7, 11) is 0. The van der Waals surface area contributed by atoms with Crippen molar-refractivity contribution in [1.29, 1.82) is 0 Å². The Hall–Kier alpha value is -0.0800. The summed E-state index contributed by atoms with van der Waals surface area (Å²) in [5, 5.41) is 0. The third-order valence-corrected chi connectivity index (χ3v) is 6.09. The zero-order chi connectivity index (χ0) is 12.4. The van der Waals surface area contributed by atoms with Crippen molar-refractivity contribution in [2.24, 2.45) is 22.7 Å². The van der Waals surface area contributed by atoms with Crippen molar-refractivity contribution in [2.75, 3.05) is 0 Å². The molecule has 2 nitrogen and oxygen atoms in total. The molecule has 1 saturated heterocycles. The number of ether oxygens (including phenoxy) is 2. The first kappa shape index (κ1) is 12.0. The van der Waals surface area contributed by atoms with Crippen LogP contribution in [-0.2, 0) is 9.47 Å². The lowest BCUT2D eigenvalue weighted by Gasteiger charge is -2.38. The number of hydrogen-bond donors (Lipinski definition) is 0. The van der Waals surface area contributed by atoms with Gasteiger partial charge < -0.3 is 9.47 Å². The van der Waals surface area contributed by atoms with Crippen LogP contribution in [0.4, 0.5) is 0 Å². The fourth-order valence-electron chi connectivity index (χ4n) is 4.87. The molecule has 0 aromatic heterocycles. The molecule has 0 N–H and O–H groups in total. The monoisotopic (exact) mass is 238 g/mol. The average Bonchev–Trinajstić information content (AvgIpc) is 2.73. The van der Waals surface area contributed by atoms with Crippen molar-refractivity contribution in [3.05, 3.63) is 0 Å². The third-order valence-electron chi connectivity index (χ3n) is 6.09. The van der Waals surface area contributed by atoms with Gasteiger partial charge in [-0.15, -0.1) is 0 Å². The van der Waals surface area contributed by atoms with Crippen LogP contribution in [0.25, 0.3) is 0 Å². The molecule has 2 bridgehead atoms. The Morgan fingerprint density at radius 3 is 2.53 bits per heavy atom. The molecule has 1 heterocycles. The summed E-state index contributed by atoms with van der Waals surface area (Å²) in [6.07, 6.45) is 4.62. The van der Waals surface area contributed by atoms with Crippen LogP contribution in [0, 0.1) is 22.7 Å². The normalized spacial score (nSPS) is 51.2. The predicted octanol–water partition coefficient (Wildman–Crippen LogP) is 3.60. The van der Waals surface area contributed by atoms with Crippen LogP contribution in [0.1, 0.15) is 53.9 Å². The van der Waals surface area contributed by atoms with Gasteiger partial charge in [-0.25, -0.2) is 0 Å². The van der Waals surface area contributed by atoms with Gasteiger partial charge in [-0.05, 0) is 49.4 Å². The molecule has 0 aromatic carbocycles. The standard InChI is InChI=1S/C15H26O2/c1-9(2)16-12-8-10-11-6-7-15(5,13(10)17-12)14(11,3)4/h9-13H,6-8H2,1-5H3/t10-,11+,12-,13-,15-/m0/s1. The summed E-state index contributed by atoms with van der Waals surface area (Å²) in [4.78, 5) is 0. The van der Waals surface area contributed by atoms with Crippen LogP contribution in [-0.4, -0.2) is 18.5 Å². The molecular formula is C15H26O2. The summed E-state index contributed by atoms with van der Waals surface area (Å²) in [5.74, 6) is 1.59. The quantitative estimate of drug-likeness (QED) is 0.732. The number of hydrogen-bond acceptors (Lipinski definition) is 2. The highest BCUT2D eigenvalue weighted by Gasteiger charge is 2.69. The van der Waals surface area contributed by atoms with E-state index in [-0.39, 0.29) is 12.4 Å². The third kappa shape index (κ3) is 1.40. The second-order valence-electron chi connectivity index (χ2n) is 7.35. The second kappa shape index (κ2) is 3.48. The minimum atomic E-state index is 0.0565. The highest BCUT2D eigenvalue weighted by molar-refractivity contribution is 5.16. The molecule has 0 spiro atoms. The van der Waals surface area contributed by atoms with E-state index in [1.54, 1.807) is 0 Å².